The van der Waals surface area contributed by atoms with Crippen molar-refractivity contribution in [3.63, 3.8) is 0 Å². The highest BCUT2D eigenvalue weighted by atomic mass is 16.6. The first-order chi connectivity index (χ1) is 19.4. The third kappa shape index (κ3) is 12.6. The number of hydrogen-bond acceptors (Lipinski definition) is 10. The van der Waals surface area contributed by atoms with E-state index in [2.05, 4.69) is 41.5 Å². The van der Waals surface area contributed by atoms with Crippen molar-refractivity contribution in [1.29, 1.82) is 0 Å². The number of carbonyl (C=O) groups is 4. The van der Waals surface area contributed by atoms with Gasteiger partial charge in [-0.3, -0.25) is 0 Å². The number of aliphatic hydroxyl groups excluding tert-OH is 2. The highest BCUT2D eigenvalue weighted by Crippen LogP contribution is 2.36. The van der Waals surface area contributed by atoms with Crippen LogP contribution in [0.25, 0.3) is 0 Å². The fraction of sp³-hybridized carbons (Fsp3) is 0.875. The standard InChI is InChI=1S/2C16H28O5/c2*1-9(2)13-7-6-10(3)8-14(13)21-16(19)12(5)20-15(18)11(4)17/h2*9-14,17H,6-8H2,1-5H3/t10-,11-,12+,13+,14-;10-,11-,12-,13+,14-/m11/s1. The van der Waals surface area contributed by atoms with Gasteiger partial charge in [0.15, 0.2) is 12.2 Å². The number of hydrogen-bond donors (Lipinski definition) is 2. The number of ether oxygens (including phenoxy) is 4. The molecular weight excluding hydrogens is 544 g/mol. The third-order valence-electron chi connectivity index (χ3n) is 8.39. The van der Waals surface area contributed by atoms with Crippen molar-refractivity contribution >= 4 is 23.9 Å². The number of esters is 4. The van der Waals surface area contributed by atoms with Crippen molar-refractivity contribution in [2.45, 2.75) is 144 Å². The van der Waals surface area contributed by atoms with Gasteiger partial charge in [-0.1, -0.05) is 54.4 Å². The molecule has 2 fully saturated rings. The van der Waals surface area contributed by atoms with Crippen molar-refractivity contribution < 1.29 is 48.3 Å². The Bertz CT molecular complexity index is 797. The molecule has 2 aliphatic carbocycles. The second kappa shape index (κ2) is 17.8. The molecule has 0 unspecified atom stereocenters. The predicted molar refractivity (Wildman–Crippen MR) is 157 cm³/mol. The van der Waals surface area contributed by atoms with E-state index in [1.807, 2.05) is 0 Å². The summed E-state index contributed by atoms with van der Waals surface area (Å²) in [5, 5.41) is 18.2. The van der Waals surface area contributed by atoms with Crippen molar-refractivity contribution in [2.75, 3.05) is 0 Å². The fourth-order valence-electron chi connectivity index (χ4n) is 5.63. The lowest BCUT2D eigenvalue weighted by Gasteiger charge is -2.37. The average Bonchev–Trinajstić information content (AvgIpc) is 2.88. The molecule has 0 radical (unpaired) electrons. The van der Waals surface area contributed by atoms with E-state index in [0.717, 1.165) is 38.5 Å². The molecule has 10 atom stereocenters. The molecule has 2 N–H and O–H groups in total. The van der Waals surface area contributed by atoms with Crippen LogP contribution >= 0.6 is 0 Å². The Morgan fingerprint density at radius 3 is 1.12 bits per heavy atom. The van der Waals surface area contributed by atoms with Gasteiger partial charge in [0.1, 0.15) is 24.4 Å². The molecule has 2 aliphatic rings. The van der Waals surface area contributed by atoms with E-state index in [9.17, 15) is 19.2 Å². The minimum absolute atomic E-state index is 0.117. The first-order valence-corrected chi connectivity index (χ1v) is 15.6. The molecule has 0 heterocycles. The minimum atomic E-state index is -1.24. The molecule has 0 aromatic heterocycles. The Morgan fingerprint density at radius 2 is 0.857 bits per heavy atom. The van der Waals surface area contributed by atoms with E-state index in [0.29, 0.717) is 35.5 Å². The number of carbonyl (C=O) groups excluding carboxylic acids is 4. The zero-order valence-electron chi connectivity index (χ0n) is 27.3. The molecule has 244 valence electrons. The molecule has 0 aromatic carbocycles. The summed E-state index contributed by atoms with van der Waals surface area (Å²) in [7, 11) is 0. The Kier molecular flexibility index (Phi) is 16.0. The zero-order chi connectivity index (χ0) is 32.3. The Balaban J connectivity index is 0.000000420. The van der Waals surface area contributed by atoms with Crippen LogP contribution in [0.1, 0.15) is 108 Å². The second-order valence-electron chi connectivity index (χ2n) is 13.1. The highest BCUT2D eigenvalue weighted by molar-refractivity contribution is 5.81. The predicted octanol–water partition coefficient (Wildman–Crippen LogP) is 4.61. The van der Waals surface area contributed by atoms with E-state index in [-0.39, 0.29) is 12.2 Å². The summed E-state index contributed by atoms with van der Waals surface area (Å²) in [6.45, 7) is 18.4. The molecule has 10 heteroatoms. The van der Waals surface area contributed by atoms with Crippen LogP contribution in [-0.4, -0.2) is 70.7 Å². The Hall–Kier alpha value is -2.20. The van der Waals surface area contributed by atoms with Crippen molar-refractivity contribution in [3.8, 4) is 0 Å². The van der Waals surface area contributed by atoms with Gasteiger partial charge in [-0.2, -0.15) is 0 Å². The van der Waals surface area contributed by atoms with Crippen LogP contribution in [0.5, 0.6) is 0 Å². The minimum Gasteiger partial charge on any atom is -0.459 e. The van der Waals surface area contributed by atoms with E-state index in [1.54, 1.807) is 0 Å². The molecule has 0 aliphatic heterocycles. The van der Waals surface area contributed by atoms with Crippen LogP contribution in [0.2, 0.25) is 0 Å². The first-order valence-electron chi connectivity index (χ1n) is 15.6. The van der Waals surface area contributed by atoms with E-state index in [1.165, 1.54) is 27.7 Å². The van der Waals surface area contributed by atoms with E-state index in [4.69, 9.17) is 29.2 Å². The monoisotopic (exact) mass is 600 g/mol. The normalized spacial score (nSPS) is 28.8. The molecule has 2 saturated carbocycles. The zero-order valence-corrected chi connectivity index (χ0v) is 27.3. The Morgan fingerprint density at radius 1 is 0.548 bits per heavy atom. The van der Waals surface area contributed by atoms with Gasteiger partial charge >= 0.3 is 23.9 Å². The Labute approximate surface area is 252 Å². The van der Waals surface area contributed by atoms with Gasteiger partial charge < -0.3 is 29.2 Å². The van der Waals surface area contributed by atoms with Crippen LogP contribution in [0.4, 0.5) is 0 Å². The van der Waals surface area contributed by atoms with E-state index >= 15 is 0 Å². The summed E-state index contributed by atoms with van der Waals surface area (Å²) in [5.74, 6) is -0.0108. The van der Waals surface area contributed by atoms with Gasteiger partial charge in [-0.05, 0) is 88.9 Å². The molecule has 42 heavy (non-hydrogen) atoms. The molecular formula is C32H56O10. The van der Waals surface area contributed by atoms with Gasteiger partial charge in [0, 0.05) is 0 Å². The van der Waals surface area contributed by atoms with Crippen LogP contribution in [0, 0.1) is 35.5 Å². The molecule has 2 rings (SSSR count). The molecule has 0 saturated heterocycles. The topological polar surface area (TPSA) is 146 Å². The molecule has 0 spiro atoms. The van der Waals surface area contributed by atoms with Crippen molar-refractivity contribution in [3.05, 3.63) is 0 Å². The summed E-state index contributed by atoms with van der Waals surface area (Å²) in [4.78, 5) is 46.7. The maximum atomic E-state index is 12.1. The van der Waals surface area contributed by atoms with Crippen LogP contribution in [-0.2, 0) is 38.1 Å². The van der Waals surface area contributed by atoms with Gasteiger partial charge in [0.05, 0.1) is 0 Å². The maximum absolute atomic E-state index is 12.1. The van der Waals surface area contributed by atoms with Crippen LogP contribution in [0.15, 0.2) is 0 Å². The van der Waals surface area contributed by atoms with E-state index < -0.39 is 48.3 Å². The summed E-state index contributed by atoms with van der Waals surface area (Å²) in [5.41, 5.74) is 0. The van der Waals surface area contributed by atoms with Gasteiger partial charge in [-0.15, -0.1) is 0 Å². The van der Waals surface area contributed by atoms with Gasteiger partial charge in [0.25, 0.3) is 0 Å². The fourth-order valence-corrected chi connectivity index (χ4v) is 5.63. The largest absolute Gasteiger partial charge is 0.459 e. The third-order valence-corrected chi connectivity index (χ3v) is 8.39. The molecule has 0 aromatic rings. The number of aliphatic hydroxyl groups is 2. The summed E-state index contributed by atoms with van der Waals surface area (Å²) in [6.07, 6.45) is 1.44. The smallest absolute Gasteiger partial charge is 0.347 e. The van der Waals surface area contributed by atoms with Crippen molar-refractivity contribution in [2.24, 2.45) is 35.5 Å². The molecule has 10 nitrogen and oxygen atoms in total. The van der Waals surface area contributed by atoms with Crippen LogP contribution < -0.4 is 0 Å². The lowest BCUT2D eigenvalue weighted by molar-refractivity contribution is -0.178. The lowest BCUT2D eigenvalue weighted by atomic mass is 9.75. The summed E-state index contributed by atoms with van der Waals surface area (Å²) < 4.78 is 20.9. The van der Waals surface area contributed by atoms with Crippen molar-refractivity contribution in [1.82, 2.24) is 0 Å². The van der Waals surface area contributed by atoms with Gasteiger partial charge in [-0.25, -0.2) is 19.2 Å². The number of rotatable bonds is 10. The maximum Gasteiger partial charge on any atom is 0.347 e. The quantitative estimate of drug-likeness (QED) is 0.269. The molecule has 0 bridgehead atoms. The first kappa shape index (κ1) is 37.8. The highest BCUT2D eigenvalue weighted by Gasteiger charge is 2.36. The lowest BCUT2D eigenvalue weighted by Crippen LogP contribution is -2.39. The average molecular weight is 601 g/mol. The SMILES string of the molecule is CC(C)[C@@H]1CC[C@@H](C)C[C@H]1OC(=O)[C@@H](C)OC(=O)[C@@H](C)O.CC(C)[C@@H]1CC[C@@H](C)C[C@H]1OC(=O)[C@H](C)OC(=O)[C@@H](C)O. The molecule has 0 amide bonds. The van der Waals surface area contributed by atoms with Gasteiger partial charge in [0.2, 0.25) is 0 Å². The summed E-state index contributed by atoms with van der Waals surface area (Å²) >= 11 is 0. The second-order valence-corrected chi connectivity index (χ2v) is 13.1. The summed E-state index contributed by atoms with van der Waals surface area (Å²) in [6, 6.07) is 0. The van der Waals surface area contributed by atoms with Crippen LogP contribution in [0.3, 0.4) is 0 Å².